The van der Waals surface area contributed by atoms with Crippen molar-refractivity contribution in [1.29, 1.82) is 0 Å². The molecule has 0 spiro atoms. The molecule has 0 aliphatic carbocycles. The van der Waals surface area contributed by atoms with Gasteiger partial charge in [-0.2, -0.15) is 4.98 Å². The van der Waals surface area contributed by atoms with Gasteiger partial charge in [0.15, 0.2) is 5.82 Å². The molecule has 8 heteroatoms. The van der Waals surface area contributed by atoms with Crippen LogP contribution in [-0.4, -0.2) is 70.5 Å². The molecule has 2 aliphatic heterocycles. The fraction of sp³-hybridized carbons (Fsp3) is 0.647. The van der Waals surface area contributed by atoms with Gasteiger partial charge in [-0.3, -0.25) is 14.9 Å². The maximum absolute atomic E-state index is 5.44. The van der Waals surface area contributed by atoms with Crippen LogP contribution < -0.4 is 0 Å². The molecular formula is C17H25N5OS2. The van der Waals surface area contributed by atoms with E-state index in [1.165, 1.54) is 19.4 Å². The Morgan fingerprint density at radius 3 is 2.72 bits per heavy atom. The van der Waals surface area contributed by atoms with Crippen molar-refractivity contribution in [1.82, 2.24) is 24.6 Å². The lowest BCUT2D eigenvalue weighted by atomic mass is 9.96. The number of rotatable bonds is 5. The van der Waals surface area contributed by atoms with Crippen molar-refractivity contribution in [3.63, 3.8) is 0 Å². The lowest BCUT2D eigenvalue weighted by Gasteiger charge is -2.35. The van der Waals surface area contributed by atoms with Gasteiger partial charge in [0.05, 0.1) is 24.8 Å². The first-order valence-corrected chi connectivity index (χ1v) is 10.3. The molecule has 4 rings (SSSR count). The van der Waals surface area contributed by atoms with Crippen LogP contribution in [-0.2, 0) is 11.4 Å². The highest BCUT2D eigenvalue weighted by atomic mass is 32.1. The van der Waals surface area contributed by atoms with Gasteiger partial charge in [-0.1, -0.05) is 6.07 Å². The minimum Gasteiger partial charge on any atom is -0.379 e. The van der Waals surface area contributed by atoms with Crippen LogP contribution in [0.2, 0.25) is 0 Å². The van der Waals surface area contributed by atoms with Crippen LogP contribution in [0.3, 0.4) is 0 Å². The fourth-order valence-corrected chi connectivity index (χ4v) is 4.49. The Bertz CT molecular complexity index is 712. The van der Waals surface area contributed by atoms with Crippen molar-refractivity contribution in [2.24, 2.45) is 5.92 Å². The Balaban J connectivity index is 1.29. The minimum atomic E-state index is 0.638. The zero-order valence-corrected chi connectivity index (χ0v) is 16.0. The molecule has 2 aliphatic rings. The van der Waals surface area contributed by atoms with E-state index in [1.54, 1.807) is 11.3 Å². The molecule has 4 heterocycles. The van der Waals surface area contributed by atoms with E-state index in [9.17, 15) is 0 Å². The highest BCUT2D eigenvalue weighted by Gasteiger charge is 2.23. The minimum absolute atomic E-state index is 0.638. The van der Waals surface area contributed by atoms with Crippen molar-refractivity contribution in [2.45, 2.75) is 19.5 Å². The van der Waals surface area contributed by atoms with Crippen LogP contribution >= 0.6 is 23.6 Å². The third-order valence-corrected chi connectivity index (χ3v) is 6.29. The van der Waals surface area contributed by atoms with Gasteiger partial charge in [0, 0.05) is 32.7 Å². The molecule has 6 nitrogen and oxygen atoms in total. The Morgan fingerprint density at radius 1 is 1.20 bits per heavy atom. The van der Waals surface area contributed by atoms with E-state index in [4.69, 9.17) is 17.0 Å². The predicted octanol–water partition coefficient (Wildman–Crippen LogP) is 2.67. The molecule has 0 radical (unpaired) electrons. The van der Waals surface area contributed by atoms with Gasteiger partial charge < -0.3 is 4.74 Å². The first-order chi connectivity index (χ1) is 12.3. The Hall–Kier alpha value is -1.06. The highest BCUT2D eigenvalue weighted by Crippen LogP contribution is 2.22. The summed E-state index contributed by atoms with van der Waals surface area (Å²) in [4.78, 5) is 10.7. The van der Waals surface area contributed by atoms with E-state index in [1.807, 2.05) is 10.7 Å². The number of likely N-dealkylation sites (tertiary alicyclic amines) is 1. The molecule has 2 saturated heterocycles. The summed E-state index contributed by atoms with van der Waals surface area (Å²) < 4.78 is 8.07. The standard InChI is InChI=1S/C17H25N5OS2/c24-17-18-16(15-2-1-11-25-15)19-22(17)13-21-5-3-14(4-6-21)12-20-7-9-23-10-8-20/h1-2,11,14H,3-10,12-13H2,(H,18,19,24). The number of thiophene rings is 1. The molecule has 0 bridgehead atoms. The van der Waals surface area contributed by atoms with Crippen LogP contribution in [0.4, 0.5) is 0 Å². The summed E-state index contributed by atoms with van der Waals surface area (Å²) in [6.45, 7) is 8.26. The van der Waals surface area contributed by atoms with Crippen molar-refractivity contribution in [3.05, 3.63) is 22.3 Å². The number of aromatic amines is 1. The number of morpholine rings is 1. The SMILES string of the molecule is S=c1nc(-c2cccs2)[nH]n1CN1CCC(CN2CCOCC2)CC1. The van der Waals surface area contributed by atoms with E-state index in [2.05, 4.69) is 31.3 Å². The largest absolute Gasteiger partial charge is 0.379 e. The van der Waals surface area contributed by atoms with Crippen LogP contribution in [0, 0.1) is 10.7 Å². The molecule has 2 fully saturated rings. The lowest BCUT2D eigenvalue weighted by Crippen LogP contribution is -2.43. The molecular weight excluding hydrogens is 354 g/mol. The third-order valence-electron chi connectivity index (χ3n) is 5.10. The monoisotopic (exact) mass is 379 g/mol. The van der Waals surface area contributed by atoms with Crippen molar-refractivity contribution in [2.75, 3.05) is 45.9 Å². The predicted molar refractivity (Wildman–Crippen MR) is 102 cm³/mol. The van der Waals surface area contributed by atoms with E-state index in [-0.39, 0.29) is 0 Å². The van der Waals surface area contributed by atoms with Crippen molar-refractivity contribution >= 4 is 23.6 Å². The topological polar surface area (TPSA) is 49.3 Å². The number of ether oxygens (including phenoxy) is 1. The molecule has 0 saturated carbocycles. The first kappa shape index (κ1) is 17.4. The van der Waals surface area contributed by atoms with Gasteiger partial charge in [0.25, 0.3) is 0 Å². The molecule has 25 heavy (non-hydrogen) atoms. The molecule has 1 N–H and O–H groups in total. The normalized spacial score (nSPS) is 21.0. The Labute approximate surface area is 157 Å². The number of hydrogen-bond acceptors (Lipinski definition) is 6. The first-order valence-electron chi connectivity index (χ1n) is 9.01. The fourth-order valence-electron chi connectivity index (χ4n) is 3.64. The third kappa shape index (κ3) is 4.38. The van der Waals surface area contributed by atoms with Crippen LogP contribution in [0.25, 0.3) is 10.7 Å². The van der Waals surface area contributed by atoms with E-state index >= 15 is 0 Å². The summed E-state index contributed by atoms with van der Waals surface area (Å²) in [6, 6.07) is 4.11. The Morgan fingerprint density at radius 2 is 2.00 bits per heavy atom. The lowest BCUT2D eigenvalue weighted by molar-refractivity contribution is 0.0228. The summed E-state index contributed by atoms with van der Waals surface area (Å²) in [5.41, 5.74) is 0. The molecule has 0 atom stereocenters. The van der Waals surface area contributed by atoms with Crippen molar-refractivity contribution < 1.29 is 4.74 Å². The second-order valence-electron chi connectivity index (χ2n) is 6.88. The number of nitrogens with zero attached hydrogens (tertiary/aromatic N) is 4. The number of nitrogens with one attached hydrogen (secondary N) is 1. The number of piperidine rings is 1. The van der Waals surface area contributed by atoms with Gasteiger partial charge in [-0.15, -0.1) is 11.3 Å². The van der Waals surface area contributed by atoms with Gasteiger partial charge in [-0.05, 0) is 42.4 Å². The maximum atomic E-state index is 5.44. The molecule has 0 unspecified atom stereocenters. The zero-order valence-electron chi connectivity index (χ0n) is 14.4. The maximum Gasteiger partial charge on any atom is 0.217 e. The number of H-pyrrole nitrogens is 1. The second-order valence-corrected chi connectivity index (χ2v) is 8.19. The number of aromatic nitrogens is 3. The van der Waals surface area contributed by atoms with Crippen LogP contribution in [0.1, 0.15) is 12.8 Å². The highest BCUT2D eigenvalue weighted by molar-refractivity contribution is 7.71. The molecule has 2 aromatic heterocycles. The Kier molecular flexibility index (Phi) is 5.62. The van der Waals surface area contributed by atoms with Crippen LogP contribution in [0.15, 0.2) is 17.5 Å². The molecule has 2 aromatic rings. The van der Waals surface area contributed by atoms with Gasteiger partial charge in [0.2, 0.25) is 4.77 Å². The van der Waals surface area contributed by atoms with Gasteiger partial charge in [-0.25, -0.2) is 4.68 Å². The summed E-state index contributed by atoms with van der Waals surface area (Å²) in [7, 11) is 0. The average Bonchev–Trinajstić information content (AvgIpc) is 3.28. The van der Waals surface area contributed by atoms with Gasteiger partial charge in [0.1, 0.15) is 0 Å². The number of hydrogen-bond donors (Lipinski definition) is 1. The van der Waals surface area contributed by atoms with Gasteiger partial charge >= 0.3 is 0 Å². The second kappa shape index (κ2) is 8.09. The van der Waals surface area contributed by atoms with E-state index < -0.39 is 0 Å². The smallest absolute Gasteiger partial charge is 0.217 e. The van der Waals surface area contributed by atoms with Crippen LogP contribution in [0.5, 0.6) is 0 Å². The van der Waals surface area contributed by atoms with E-state index in [0.29, 0.717) is 4.77 Å². The summed E-state index contributed by atoms with van der Waals surface area (Å²) in [5.74, 6) is 1.69. The average molecular weight is 380 g/mol. The van der Waals surface area contributed by atoms with Crippen molar-refractivity contribution in [3.8, 4) is 10.7 Å². The molecule has 0 amide bonds. The molecule has 136 valence electrons. The molecule has 0 aromatic carbocycles. The summed E-state index contributed by atoms with van der Waals surface area (Å²) in [6.07, 6.45) is 2.52. The van der Waals surface area contributed by atoms with E-state index in [0.717, 1.165) is 62.7 Å². The zero-order chi connectivity index (χ0) is 17.1. The quantitative estimate of drug-likeness (QED) is 0.810. The summed E-state index contributed by atoms with van der Waals surface area (Å²) >= 11 is 7.11. The summed E-state index contributed by atoms with van der Waals surface area (Å²) in [5, 5.41) is 5.42.